The van der Waals surface area contributed by atoms with Gasteiger partial charge >= 0.3 is 6.09 Å². The number of hydrogen-bond acceptors (Lipinski definition) is 4. The highest BCUT2D eigenvalue weighted by Gasteiger charge is 2.53. The summed E-state index contributed by atoms with van der Waals surface area (Å²) in [5.41, 5.74) is -0.127. The Morgan fingerprint density at radius 3 is 2.25 bits per heavy atom. The zero-order valence-electron chi connectivity index (χ0n) is 18.0. The Kier molecular flexibility index (Phi) is 7.34. The monoisotopic (exact) mass is 395 g/mol. The quantitative estimate of drug-likeness (QED) is 0.435. The number of alkyl carbamates (subject to hydrolysis) is 1. The van der Waals surface area contributed by atoms with E-state index in [1.165, 1.54) is 19.3 Å². The summed E-state index contributed by atoms with van der Waals surface area (Å²) in [4.78, 5) is 35.4. The summed E-state index contributed by atoms with van der Waals surface area (Å²) in [6.07, 6.45) is 3.67. The Bertz CT molecular complexity index is 581. The average Bonchev–Trinajstić information content (AvgIpc) is 2.58. The normalized spacial score (nSPS) is 25.2. The van der Waals surface area contributed by atoms with Crippen LogP contribution in [0.25, 0.3) is 0 Å². The third-order valence-electron chi connectivity index (χ3n) is 6.23. The molecule has 0 spiro atoms. The summed E-state index contributed by atoms with van der Waals surface area (Å²) in [5.74, 6) is 1.56. The van der Waals surface area contributed by atoms with Crippen LogP contribution in [0.5, 0.6) is 0 Å². The van der Waals surface area contributed by atoms with Gasteiger partial charge in [-0.05, 0) is 69.6 Å². The lowest BCUT2D eigenvalue weighted by Gasteiger charge is -2.60. The van der Waals surface area contributed by atoms with Gasteiger partial charge in [-0.25, -0.2) is 4.79 Å². The van der Waals surface area contributed by atoms with Crippen molar-refractivity contribution in [1.29, 1.82) is 0 Å². The number of nitrogens with one attached hydrogen (secondary N) is 3. The fourth-order valence-electron chi connectivity index (χ4n) is 4.54. The van der Waals surface area contributed by atoms with Crippen LogP contribution in [-0.4, -0.2) is 43.1 Å². The first-order chi connectivity index (χ1) is 13.0. The van der Waals surface area contributed by atoms with Gasteiger partial charge in [0.2, 0.25) is 11.8 Å². The molecular formula is C21H37N3O4. The van der Waals surface area contributed by atoms with Crippen molar-refractivity contribution in [3.05, 3.63) is 0 Å². The van der Waals surface area contributed by atoms with Gasteiger partial charge in [-0.15, -0.1) is 0 Å². The van der Waals surface area contributed by atoms with Gasteiger partial charge in [0, 0.05) is 19.6 Å². The minimum atomic E-state index is -0.528. The van der Waals surface area contributed by atoms with Gasteiger partial charge in [-0.3, -0.25) is 9.59 Å². The molecule has 0 heterocycles. The van der Waals surface area contributed by atoms with Crippen molar-refractivity contribution in [2.24, 2.45) is 23.2 Å². The standard InChI is InChI=1S/C21H37N3O4/c1-20(2,3)28-19(27)23-10-6-9-22-17(25)12-18(26)24-13-14-7-8-15-11-16(14)21(15,4)5/h14-16H,6-13H2,1-5H3,(H,22,25)(H,23,27)(H,24,26). The lowest BCUT2D eigenvalue weighted by atomic mass is 9.45. The van der Waals surface area contributed by atoms with Crippen LogP contribution >= 0.6 is 0 Å². The number of fused-ring (bicyclic) bond motifs is 2. The highest BCUT2D eigenvalue weighted by atomic mass is 16.6. The Hall–Kier alpha value is -1.79. The molecule has 0 saturated heterocycles. The number of carbonyl (C=O) groups excluding carboxylic acids is 3. The van der Waals surface area contributed by atoms with Gasteiger partial charge < -0.3 is 20.7 Å². The lowest BCUT2D eigenvalue weighted by Crippen LogP contribution is -2.54. The third-order valence-corrected chi connectivity index (χ3v) is 6.23. The van der Waals surface area contributed by atoms with Crippen LogP contribution < -0.4 is 16.0 Å². The Morgan fingerprint density at radius 1 is 1.00 bits per heavy atom. The van der Waals surface area contributed by atoms with Crippen LogP contribution in [-0.2, 0) is 14.3 Å². The molecule has 0 radical (unpaired) electrons. The molecule has 3 atom stereocenters. The summed E-state index contributed by atoms with van der Waals surface area (Å²) < 4.78 is 5.13. The van der Waals surface area contributed by atoms with Gasteiger partial charge in [0.05, 0.1) is 0 Å². The molecule has 160 valence electrons. The average molecular weight is 396 g/mol. The number of rotatable bonds is 8. The molecule has 3 unspecified atom stereocenters. The predicted molar refractivity (Wildman–Crippen MR) is 108 cm³/mol. The Labute approximate surface area is 168 Å². The van der Waals surface area contributed by atoms with Crippen molar-refractivity contribution in [1.82, 2.24) is 16.0 Å². The van der Waals surface area contributed by atoms with E-state index in [-0.39, 0.29) is 18.2 Å². The van der Waals surface area contributed by atoms with E-state index in [4.69, 9.17) is 4.74 Å². The number of hydrogen-bond donors (Lipinski definition) is 3. The summed E-state index contributed by atoms with van der Waals surface area (Å²) in [6.45, 7) is 11.6. The van der Waals surface area contributed by atoms with Crippen molar-refractivity contribution < 1.29 is 19.1 Å². The van der Waals surface area contributed by atoms with E-state index in [9.17, 15) is 14.4 Å². The maximum atomic E-state index is 12.0. The highest BCUT2D eigenvalue weighted by Crippen LogP contribution is 2.61. The smallest absolute Gasteiger partial charge is 0.407 e. The summed E-state index contributed by atoms with van der Waals surface area (Å²) in [5, 5.41) is 8.29. The summed E-state index contributed by atoms with van der Waals surface area (Å²) in [6, 6.07) is 0. The predicted octanol–water partition coefficient (Wildman–Crippen LogP) is 2.60. The highest BCUT2D eigenvalue weighted by molar-refractivity contribution is 5.96. The van der Waals surface area contributed by atoms with E-state index in [2.05, 4.69) is 29.8 Å². The van der Waals surface area contributed by atoms with Gasteiger partial charge in [-0.2, -0.15) is 0 Å². The molecular weight excluding hydrogens is 358 g/mol. The van der Waals surface area contributed by atoms with E-state index in [1.54, 1.807) is 20.8 Å². The van der Waals surface area contributed by atoms with Crippen LogP contribution in [0.2, 0.25) is 0 Å². The van der Waals surface area contributed by atoms with Gasteiger partial charge in [-0.1, -0.05) is 13.8 Å². The number of ether oxygens (including phenoxy) is 1. The second-order valence-electron chi connectivity index (χ2n) is 9.81. The molecule has 7 heteroatoms. The maximum absolute atomic E-state index is 12.0. The molecule has 3 N–H and O–H groups in total. The molecule has 28 heavy (non-hydrogen) atoms. The van der Waals surface area contributed by atoms with Crippen LogP contribution in [0.1, 0.15) is 66.7 Å². The molecule has 3 aliphatic carbocycles. The van der Waals surface area contributed by atoms with E-state index in [0.29, 0.717) is 43.3 Å². The minimum absolute atomic E-state index is 0.150. The van der Waals surface area contributed by atoms with Gasteiger partial charge in [0.15, 0.2) is 0 Å². The van der Waals surface area contributed by atoms with Crippen molar-refractivity contribution >= 4 is 17.9 Å². The molecule has 0 aliphatic heterocycles. The fraction of sp³-hybridized carbons (Fsp3) is 0.857. The Morgan fingerprint density at radius 2 is 1.64 bits per heavy atom. The van der Waals surface area contributed by atoms with Crippen LogP contribution in [0.15, 0.2) is 0 Å². The van der Waals surface area contributed by atoms with E-state index in [0.717, 1.165) is 5.92 Å². The fourth-order valence-corrected chi connectivity index (χ4v) is 4.54. The third kappa shape index (κ3) is 6.38. The molecule has 3 amide bonds. The van der Waals surface area contributed by atoms with Crippen molar-refractivity contribution in [3.63, 3.8) is 0 Å². The molecule has 3 saturated carbocycles. The van der Waals surface area contributed by atoms with Crippen molar-refractivity contribution in [2.45, 2.75) is 72.3 Å². The van der Waals surface area contributed by atoms with Crippen molar-refractivity contribution in [2.75, 3.05) is 19.6 Å². The van der Waals surface area contributed by atoms with E-state index in [1.807, 2.05) is 0 Å². The van der Waals surface area contributed by atoms with Gasteiger partial charge in [0.25, 0.3) is 0 Å². The maximum Gasteiger partial charge on any atom is 0.407 e. The van der Waals surface area contributed by atoms with E-state index < -0.39 is 11.7 Å². The molecule has 0 aromatic rings. The first-order valence-electron chi connectivity index (χ1n) is 10.5. The largest absolute Gasteiger partial charge is 0.444 e. The molecule has 0 aromatic carbocycles. The Balaban J connectivity index is 1.53. The summed E-state index contributed by atoms with van der Waals surface area (Å²) >= 11 is 0. The first kappa shape index (κ1) is 22.5. The second kappa shape index (κ2) is 9.14. The SMILES string of the molecule is CC(C)(C)OC(=O)NCCCNC(=O)CC(=O)NCC1CCC2CC1C2(C)C. The number of carbonyl (C=O) groups is 3. The zero-order chi connectivity index (χ0) is 20.9. The molecule has 0 aromatic heterocycles. The first-order valence-corrected chi connectivity index (χ1v) is 10.5. The lowest BCUT2D eigenvalue weighted by molar-refractivity contribution is -0.131. The second-order valence-corrected chi connectivity index (χ2v) is 9.81. The van der Waals surface area contributed by atoms with Crippen LogP contribution in [0.3, 0.4) is 0 Å². The van der Waals surface area contributed by atoms with Gasteiger partial charge in [0.1, 0.15) is 12.0 Å². The van der Waals surface area contributed by atoms with E-state index >= 15 is 0 Å². The molecule has 7 nitrogen and oxygen atoms in total. The molecule has 3 aliphatic rings. The topological polar surface area (TPSA) is 96.5 Å². The van der Waals surface area contributed by atoms with Crippen LogP contribution in [0.4, 0.5) is 4.79 Å². The molecule has 3 fully saturated rings. The van der Waals surface area contributed by atoms with Crippen LogP contribution in [0, 0.1) is 23.2 Å². The molecule has 2 bridgehead atoms. The minimum Gasteiger partial charge on any atom is -0.444 e. The van der Waals surface area contributed by atoms with Crippen molar-refractivity contribution in [3.8, 4) is 0 Å². The zero-order valence-corrected chi connectivity index (χ0v) is 18.0. The molecule has 3 rings (SSSR count). The number of amides is 3. The summed E-state index contributed by atoms with van der Waals surface area (Å²) in [7, 11) is 0.